The van der Waals surface area contributed by atoms with Crippen LogP contribution in [-0.4, -0.2) is 65.2 Å². The molecule has 1 aliphatic rings. The maximum atomic E-state index is 12.4. The summed E-state index contributed by atoms with van der Waals surface area (Å²) in [4.78, 5) is 15.8. The topological polar surface area (TPSA) is 40.0 Å². The molecule has 2 aromatic heterocycles. The number of halogens is 3. The number of rotatable bonds is 4. The van der Waals surface area contributed by atoms with Gasteiger partial charge in [0, 0.05) is 49.7 Å². The molecule has 3 heterocycles. The van der Waals surface area contributed by atoms with Gasteiger partial charge >= 0.3 is 6.18 Å². The van der Waals surface area contributed by atoms with Crippen LogP contribution >= 0.6 is 0 Å². The first-order chi connectivity index (χ1) is 11.8. The number of amides is 1. The lowest BCUT2D eigenvalue weighted by Crippen LogP contribution is -2.55. The van der Waals surface area contributed by atoms with E-state index in [-0.39, 0.29) is 12.1 Å². The van der Waals surface area contributed by atoms with E-state index in [0.717, 1.165) is 5.52 Å². The van der Waals surface area contributed by atoms with Gasteiger partial charge < -0.3 is 9.72 Å². The van der Waals surface area contributed by atoms with Crippen molar-refractivity contribution in [3.05, 3.63) is 42.2 Å². The second-order valence-corrected chi connectivity index (χ2v) is 6.33. The van der Waals surface area contributed by atoms with Crippen molar-refractivity contribution in [2.24, 2.45) is 0 Å². The summed E-state index contributed by atoms with van der Waals surface area (Å²) in [6, 6.07) is 7.37. The van der Waals surface area contributed by atoms with Gasteiger partial charge in [-0.25, -0.2) is 0 Å². The molecule has 0 saturated carbocycles. The van der Waals surface area contributed by atoms with E-state index in [2.05, 4.69) is 5.32 Å². The molecule has 0 radical (unpaired) electrons. The highest BCUT2D eigenvalue weighted by Gasteiger charge is 2.32. The summed E-state index contributed by atoms with van der Waals surface area (Å²) < 4.78 is 39.2. The molecule has 8 heteroatoms. The minimum atomic E-state index is -4.17. The van der Waals surface area contributed by atoms with Gasteiger partial charge in [-0.3, -0.25) is 14.6 Å². The average Bonchev–Trinajstić information content (AvgIpc) is 3.01. The zero-order valence-corrected chi connectivity index (χ0v) is 14.0. The van der Waals surface area contributed by atoms with Crippen LogP contribution in [0.5, 0.6) is 0 Å². The first-order valence-electron chi connectivity index (χ1n) is 8.22. The van der Waals surface area contributed by atoms with Crippen LogP contribution in [0.4, 0.5) is 13.2 Å². The van der Waals surface area contributed by atoms with Crippen molar-refractivity contribution in [3.8, 4) is 0 Å². The van der Waals surface area contributed by atoms with E-state index < -0.39 is 12.7 Å². The summed E-state index contributed by atoms with van der Waals surface area (Å²) in [7, 11) is 0. The van der Waals surface area contributed by atoms with E-state index in [0.29, 0.717) is 31.7 Å². The lowest BCUT2D eigenvalue weighted by atomic mass is 10.2. The zero-order chi connectivity index (χ0) is 18.0. The lowest BCUT2D eigenvalue weighted by molar-refractivity contribution is -0.149. The quantitative estimate of drug-likeness (QED) is 0.915. The first kappa shape index (κ1) is 17.8. The number of nitrogens with zero attached hydrogens (tertiary/aromatic N) is 3. The Hall–Kier alpha value is -2.06. The second kappa shape index (κ2) is 7.05. The van der Waals surface area contributed by atoms with Gasteiger partial charge in [0.25, 0.3) is 5.91 Å². The highest BCUT2D eigenvalue weighted by molar-refractivity contribution is 5.95. The molecule has 2 aromatic rings. The number of aromatic nitrogens is 1. The molecule has 5 nitrogen and oxygen atoms in total. The van der Waals surface area contributed by atoms with Crippen LogP contribution in [0, 0.1) is 0 Å². The van der Waals surface area contributed by atoms with E-state index in [4.69, 9.17) is 0 Å². The van der Waals surface area contributed by atoms with Crippen molar-refractivity contribution in [1.29, 1.82) is 0 Å². The van der Waals surface area contributed by atoms with Crippen molar-refractivity contribution in [3.63, 3.8) is 0 Å². The van der Waals surface area contributed by atoms with Gasteiger partial charge in [-0.2, -0.15) is 13.2 Å². The van der Waals surface area contributed by atoms with E-state index in [1.807, 2.05) is 46.8 Å². The van der Waals surface area contributed by atoms with Gasteiger partial charge in [0.2, 0.25) is 0 Å². The Morgan fingerprint density at radius 3 is 2.60 bits per heavy atom. The summed E-state index contributed by atoms with van der Waals surface area (Å²) in [5.41, 5.74) is 1.50. The SMILES string of the molecule is CC(NC(=O)c1ccn2cccc2c1)N1CCN(CC(F)(F)F)CC1. The maximum absolute atomic E-state index is 12.4. The summed E-state index contributed by atoms with van der Waals surface area (Å²) in [5.74, 6) is -0.186. The molecule has 25 heavy (non-hydrogen) atoms. The number of alkyl halides is 3. The molecule has 1 atom stereocenters. The van der Waals surface area contributed by atoms with Crippen molar-refractivity contribution < 1.29 is 18.0 Å². The minimum absolute atomic E-state index is 0.186. The van der Waals surface area contributed by atoms with Crippen LogP contribution in [0.2, 0.25) is 0 Å². The standard InChI is InChI=1S/C17H21F3N4O/c1-13(23-9-7-22(8-10-23)12-17(18,19)20)21-16(25)14-4-6-24-5-2-3-15(24)11-14/h2-6,11,13H,7-10,12H2,1H3,(H,21,25). The van der Waals surface area contributed by atoms with Gasteiger partial charge in [0.05, 0.1) is 12.7 Å². The van der Waals surface area contributed by atoms with Crippen LogP contribution in [0.1, 0.15) is 17.3 Å². The molecule has 1 unspecified atom stereocenters. The Morgan fingerprint density at radius 1 is 1.20 bits per heavy atom. The van der Waals surface area contributed by atoms with E-state index in [1.165, 1.54) is 4.90 Å². The summed E-state index contributed by atoms with van der Waals surface area (Å²) >= 11 is 0. The van der Waals surface area contributed by atoms with Gasteiger partial charge in [-0.1, -0.05) is 0 Å². The van der Waals surface area contributed by atoms with Gasteiger partial charge in [-0.05, 0) is 31.2 Å². The molecule has 1 saturated heterocycles. The largest absolute Gasteiger partial charge is 0.401 e. The fourth-order valence-corrected chi connectivity index (χ4v) is 3.10. The van der Waals surface area contributed by atoms with Crippen LogP contribution in [-0.2, 0) is 0 Å². The van der Waals surface area contributed by atoms with E-state index in [9.17, 15) is 18.0 Å². The summed E-state index contributed by atoms with van der Waals surface area (Å²) in [5, 5.41) is 2.92. The van der Waals surface area contributed by atoms with Crippen LogP contribution in [0.3, 0.4) is 0 Å². The highest BCUT2D eigenvalue weighted by Crippen LogP contribution is 2.18. The number of fused-ring (bicyclic) bond motifs is 1. The number of pyridine rings is 1. The molecular weight excluding hydrogens is 333 g/mol. The van der Waals surface area contributed by atoms with Gasteiger partial charge in [-0.15, -0.1) is 0 Å². The molecule has 0 bridgehead atoms. The average molecular weight is 354 g/mol. The minimum Gasteiger partial charge on any atom is -0.337 e. The Balaban J connectivity index is 1.53. The Bertz CT molecular complexity index is 735. The molecule has 1 aliphatic heterocycles. The van der Waals surface area contributed by atoms with Crippen molar-refractivity contribution >= 4 is 11.4 Å². The number of carbonyl (C=O) groups is 1. The third kappa shape index (κ3) is 4.52. The smallest absolute Gasteiger partial charge is 0.337 e. The lowest BCUT2D eigenvalue weighted by Gasteiger charge is -2.38. The third-order valence-electron chi connectivity index (χ3n) is 4.49. The normalized spacial score (nSPS) is 18.4. The summed E-state index contributed by atoms with van der Waals surface area (Å²) in [6.45, 7) is 2.65. The zero-order valence-electron chi connectivity index (χ0n) is 14.0. The van der Waals surface area contributed by atoms with Crippen molar-refractivity contribution in [1.82, 2.24) is 19.5 Å². The molecule has 1 fully saturated rings. The van der Waals surface area contributed by atoms with Crippen LogP contribution < -0.4 is 5.32 Å². The van der Waals surface area contributed by atoms with E-state index >= 15 is 0 Å². The number of piperazine rings is 1. The maximum Gasteiger partial charge on any atom is 0.401 e. The Labute approximate surface area is 144 Å². The third-order valence-corrected chi connectivity index (χ3v) is 4.49. The predicted molar refractivity (Wildman–Crippen MR) is 88.4 cm³/mol. The fraction of sp³-hybridized carbons (Fsp3) is 0.471. The highest BCUT2D eigenvalue weighted by atomic mass is 19.4. The van der Waals surface area contributed by atoms with Crippen molar-refractivity contribution in [2.75, 3.05) is 32.7 Å². The fourth-order valence-electron chi connectivity index (χ4n) is 3.10. The number of hydrogen-bond donors (Lipinski definition) is 1. The molecule has 0 aromatic carbocycles. The monoisotopic (exact) mass is 354 g/mol. The van der Waals surface area contributed by atoms with Crippen LogP contribution in [0.25, 0.3) is 5.52 Å². The van der Waals surface area contributed by atoms with Gasteiger partial charge in [0.15, 0.2) is 0 Å². The molecule has 0 aliphatic carbocycles. The molecule has 136 valence electrons. The second-order valence-electron chi connectivity index (χ2n) is 6.33. The predicted octanol–water partition coefficient (Wildman–Crippen LogP) is 2.20. The molecule has 0 spiro atoms. The molecule has 3 rings (SSSR count). The summed E-state index contributed by atoms with van der Waals surface area (Å²) in [6.07, 6.45) is -0.673. The molecule has 1 amide bonds. The van der Waals surface area contributed by atoms with Crippen molar-refractivity contribution in [2.45, 2.75) is 19.3 Å². The number of hydrogen-bond acceptors (Lipinski definition) is 3. The molecular formula is C17H21F3N4O. The molecule has 1 N–H and O–H groups in total. The van der Waals surface area contributed by atoms with Crippen LogP contribution in [0.15, 0.2) is 36.7 Å². The first-order valence-corrected chi connectivity index (χ1v) is 8.22. The number of carbonyl (C=O) groups excluding carboxylic acids is 1. The Morgan fingerprint density at radius 2 is 1.92 bits per heavy atom. The van der Waals surface area contributed by atoms with E-state index in [1.54, 1.807) is 6.07 Å². The van der Waals surface area contributed by atoms with Gasteiger partial charge in [0.1, 0.15) is 0 Å². The Kier molecular flexibility index (Phi) is 5.01. The number of nitrogens with one attached hydrogen (secondary N) is 1.